The second kappa shape index (κ2) is 5.73. The third-order valence-corrected chi connectivity index (χ3v) is 5.25. The Hall–Kier alpha value is -3.55. The van der Waals surface area contributed by atoms with Gasteiger partial charge in [-0.25, -0.2) is 0 Å². The Balaban J connectivity index is 1.90. The van der Waals surface area contributed by atoms with E-state index in [1.165, 1.54) is 12.1 Å². The van der Waals surface area contributed by atoms with Crippen molar-refractivity contribution in [3.8, 4) is 22.6 Å². The van der Waals surface area contributed by atoms with Gasteiger partial charge in [0.15, 0.2) is 11.5 Å². The molecule has 5 nitrogen and oxygen atoms in total. The fraction of sp³-hybridized carbons (Fsp3) is 0.143. The van der Waals surface area contributed by atoms with Crippen LogP contribution in [-0.2, 0) is 6.18 Å². The van der Waals surface area contributed by atoms with Crippen molar-refractivity contribution in [3.05, 3.63) is 58.7 Å². The number of imide groups is 1. The van der Waals surface area contributed by atoms with Gasteiger partial charge in [-0.3, -0.25) is 14.9 Å². The maximum atomic E-state index is 13.0. The Morgan fingerprint density at radius 3 is 2.28 bits per heavy atom. The molecule has 2 heterocycles. The lowest BCUT2D eigenvalue weighted by Gasteiger charge is -2.16. The third-order valence-electron chi connectivity index (χ3n) is 5.25. The molecule has 2 aliphatic heterocycles. The van der Waals surface area contributed by atoms with E-state index in [-0.39, 0.29) is 17.9 Å². The molecule has 0 spiro atoms. The Labute approximate surface area is 162 Å². The molecular weight excluding hydrogens is 387 g/mol. The quantitative estimate of drug-likeness (QED) is 0.615. The van der Waals surface area contributed by atoms with Crippen LogP contribution < -0.4 is 14.8 Å². The highest BCUT2D eigenvalue weighted by Gasteiger charge is 2.36. The molecule has 2 aliphatic rings. The summed E-state index contributed by atoms with van der Waals surface area (Å²) in [4.78, 5) is 25.0. The molecule has 0 unspecified atom stereocenters. The Morgan fingerprint density at radius 1 is 0.897 bits per heavy atom. The third kappa shape index (κ3) is 2.41. The summed E-state index contributed by atoms with van der Waals surface area (Å²) < 4.78 is 50.0. The summed E-state index contributed by atoms with van der Waals surface area (Å²) in [6.45, 7) is 1.71. The van der Waals surface area contributed by atoms with Gasteiger partial charge in [-0.15, -0.1) is 0 Å². The number of rotatable bonds is 1. The molecule has 0 bridgehead atoms. The van der Waals surface area contributed by atoms with Crippen LogP contribution in [0.25, 0.3) is 21.9 Å². The lowest BCUT2D eigenvalue weighted by molar-refractivity contribution is -0.137. The number of amides is 2. The fourth-order valence-corrected chi connectivity index (χ4v) is 3.96. The molecular formula is C21H12F3NO4. The first-order valence-electron chi connectivity index (χ1n) is 8.69. The number of carbonyl (C=O) groups is 2. The van der Waals surface area contributed by atoms with Crippen LogP contribution in [0, 0.1) is 6.92 Å². The summed E-state index contributed by atoms with van der Waals surface area (Å²) in [5.41, 5.74) is 0.847. The van der Waals surface area contributed by atoms with Crippen LogP contribution >= 0.6 is 0 Å². The average molecular weight is 399 g/mol. The molecule has 0 saturated heterocycles. The molecule has 0 fully saturated rings. The summed E-state index contributed by atoms with van der Waals surface area (Å²) in [5.74, 6) is -0.262. The van der Waals surface area contributed by atoms with Crippen molar-refractivity contribution in [1.29, 1.82) is 0 Å². The van der Waals surface area contributed by atoms with Gasteiger partial charge in [-0.2, -0.15) is 13.2 Å². The SMILES string of the molecule is Cc1c2c(c(-c3ccc(C(F)(F)F)cc3)c3c4c(ccc13)OCO4)C(=O)NC2=O. The molecule has 5 rings (SSSR count). The van der Waals surface area contributed by atoms with Gasteiger partial charge in [0.05, 0.1) is 16.7 Å². The van der Waals surface area contributed by atoms with Crippen LogP contribution in [0.4, 0.5) is 13.2 Å². The van der Waals surface area contributed by atoms with E-state index < -0.39 is 23.6 Å². The summed E-state index contributed by atoms with van der Waals surface area (Å²) in [6, 6.07) is 7.93. The van der Waals surface area contributed by atoms with E-state index in [4.69, 9.17) is 9.47 Å². The van der Waals surface area contributed by atoms with E-state index in [2.05, 4.69) is 5.32 Å². The smallest absolute Gasteiger partial charge is 0.416 e. The van der Waals surface area contributed by atoms with Crippen LogP contribution in [0.2, 0.25) is 0 Å². The van der Waals surface area contributed by atoms with Gasteiger partial charge in [0.25, 0.3) is 11.8 Å². The van der Waals surface area contributed by atoms with E-state index in [0.29, 0.717) is 39.0 Å². The van der Waals surface area contributed by atoms with Gasteiger partial charge in [0.1, 0.15) is 0 Å². The first kappa shape index (κ1) is 17.5. The minimum absolute atomic E-state index is 0.0117. The number of ether oxygens (including phenoxy) is 2. The van der Waals surface area contributed by atoms with Crippen molar-refractivity contribution in [3.63, 3.8) is 0 Å². The maximum absolute atomic E-state index is 13.0. The molecule has 0 saturated carbocycles. The van der Waals surface area contributed by atoms with Gasteiger partial charge in [-0.05, 0) is 41.6 Å². The predicted molar refractivity (Wildman–Crippen MR) is 97.0 cm³/mol. The molecule has 3 aromatic rings. The molecule has 146 valence electrons. The first-order valence-corrected chi connectivity index (χ1v) is 8.69. The van der Waals surface area contributed by atoms with E-state index in [1.54, 1.807) is 19.1 Å². The molecule has 0 aromatic heterocycles. The van der Waals surface area contributed by atoms with E-state index >= 15 is 0 Å². The van der Waals surface area contributed by atoms with Gasteiger partial charge < -0.3 is 9.47 Å². The van der Waals surface area contributed by atoms with Crippen molar-refractivity contribution in [2.75, 3.05) is 6.79 Å². The van der Waals surface area contributed by atoms with Crippen molar-refractivity contribution in [2.45, 2.75) is 13.1 Å². The Kier molecular flexibility index (Phi) is 3.46. The van der Waals surface area contributed by atoms with Gasteiger partial charge in [-0.1, -0.05) is 18.2 Å². The first-order chi connectivity index (χ1) is 13.8. The number of fused-ring (bicyclic) bond motifs is 4. The zero-order valence-electron chi connectivity index (χ0n) is 14.9. The normalized spacial score (nSPS) is 15.0. The number of carbonyl (C=O) groups excluding carboxylic acids is 2. The van der Waals surface area contributed by atoms with Gasteiger partial charge in [0.2, 0.25) is 6.79 Å². The highest BCUT2D eigenvalue weighted by molar-refractivity contribution is 6.29. The van der Waals surface area contributed by atoms with Crippen LogP contribution in [0.15, 0.2) is 36.4 Å². The minimum atomic E-state index is -4.48. The van der Waals surface area contributed by atoms with E-state index in [0.717, 1.165) is 12.1 Å². The van der Waals surface area contributed by atoms with Crippen molar-refractivity contribution in [2.24, 2.45) is 0 Å². The largest absolute Gasteiger partial charge is 0.454 e. The zero-order valence-corrected chi connectivity index (χ0v) is 14.9. The second-order valence-corrected chi connectivity index (χ2v) is 6.83. The summed E-state index contributed by atoms with van der Waals surface area (Å²) in [5, 5.41) is 3.47. The molecule has 3 aromatic carbocycles. The highest BCUT2D eigenvalue weighted by Crippen LogP contribution is 2.48. The van der Waals surface area contributed by atoms with Gasteiger partial charge >= 0.3 is 6.18 Å². The minimum Gasteiger partial charge on any atom is -0.454 e. The zero-order chi connectivity index (χ0) is 20.5. The molecule has 29 heavy (non-hydrogen) atoms. The molecule has 8 heteroatoms. The van der Waals surface area contributed by atoms with Crippen molar-refractivity contribution < 1.29 is 32.2 Å². The molecule has 1 N–H and O–H groups in total. The number of hydrogen-bond acceptors (Lipinski definition) is 4. The number of benzene rings is 3. The number of nitrogens with one attached hydrogen (secondary N) is 1. The van der Waals surface area contributed by atoms with Crippen LogP contribution in [0.3, 0.4) is 0 Å². The topological polar surface area (TPSA) is 64.6 Å². The molecule has 0 aliphatic carbocycles. The van der Waals surface area contributed by atoms with Crippen molar-refractivity contribution in [1.82, 2.24) is 5.32 Å². The number of alkyl halides is 3. The summed E-state index contributed by atoms with van der Waals surface area (Å²) in [6.07, 6.45) is -4.48. The van der Waals surface area contributed by atoms with Crippen molar-refractivity contribution >= 4 is 22.6 Å². The Bertz CT molecular complexity index is 1230. The monoisotopic (exact) mass is 399 g/mol. The standard InChI is InChI=1S/C21H12F3NO4/c1-9-12-6-7-13-18(29-8-28-13)16(12)15(17-14(9)19(26)25-20(17)27)10-2-4-11(5-3-10)21(22,23)24/h2-7H,8H2,1H3,(H,25,26,27). The highest BCUT2D eigenvalue weighted by atomic mass is 19.4. The number of halogens is 3. The fourth-order valence-electron chi connectivity index (χ4n) is 3.96. The predicted octanol–water partition coefficient (Wildman–Crippen LogP) is 4.45. The number of hydrogen-bond donors (Lipinski definition) is 1. The molecule has 2 amide bonds. The van der Waals surface area contributed by atoms with Crippen LogP contribution in [-0.4, -0.2) is 18.6 Å². The van der Waals surface area contributed by atoms with E-state index in [9.17, 15) is 22.8 Å². The van der Waals surface area contributed by atoms with Crippen LogP contribution in [0.1, 0.15) is 31.8 Å². The van der Waals surface area contributed by atoms with Crippen LogP contribution in [0.5, 0.6) is 11.5 Å². The lowest BCUT2D eigenvalue weighted by atomic mass is 9.86. The summed E-state index contributed by atoms with van der Waals surface area (Å²) in [7, 11) is 0. The summed E-state index contributed by atoms with van der Waals surface area (Å²) >= 11 is 0. The second-order valence-electron chi connectivity index (χ2n) is 6.83. The molecule has 0 radical (unpaired) electrons. The average Bonchev–Trinajstić information content (AvgIpc) is 3.26. The number of aryl methyl sites for hydroxylation is 1. The lowest BCUT2D eigenvalue weighted by Crippen LogP contribution is -2.20. The van der Waals surface area contributed by atoms with Gasteiger partial charge in [0, 0.05) is 10.9 Å². The maximum Gasteiger partial charge on any atom is 0.416 e. The van der Waals surface area contributed by atoms with E-state index in [1.807, 2.05) is 0 Å². The Morgan fingerprint density at radius 2 is 1.59 bits per heavy atom. The molecule has 0 atom stereocenters.